The SMILES string of the molecule is CCCC(N)CC(=O)N1CCC2(C1)NC(=O)NC2=O. The van der Waals surface area contributed by atoms with Gasteiger partial charge >= 0.3 is 6.03 Å². The number of hydrogen-bond donors (Lipinski definition) is 3. The Bertz CT molecular complexity index is 412. The van der Waals surface area contributed by atoms with Crippen LogP contribution >= 0.6 is 0 Å². The van der Waals surface area contributed by atoms with Gasteiger partial charge in [0.1, 0.15) is 5.54 Å². The summed E-state index contributed by atoms with van der Waals surface area (Å²) in [5.41, 5.74) is 4.92. The second-order valence-corrected chi connectivity index (χ2v) is 5.31. The van der Waals surface area contributed by atoms with Crippen LogP contribution in [0.15, 0.2) is 0 Å². The van der Waals surface area contributed by atoms with E-state index >= 15 is 0 Å². The molecule has 0 aliphatic carbocycles. The van der Waals surface area contributed by atoms with Gasteiger partial charge in [-0.1, -0.05) is 13.3 Å². The molecule has 0 bridgehead atoms. The third-order valence-corrected chi connectivity index (χ3v) is 3.73. The maximum absolute atomic E-state index is 12.1. The lowest BCUT2D eigenvalue weighted by molar-refractivity contribution is -0.131. The molecule has 0 saturated carbocycles. The highest BCUT2D eigenvalue weighted by Crippen LogP contribution is 2.25. The van der Waals surface area contributed by atoms with E-state index in [1.807, 2.05) is 6.92 Å². The average Bonchev–Trinajstić information content (AvgIpc) is 2.85. The zero-order valence-corrected chi connectivity index (χ0v) is 11.1. The van der Waals surface area contributed by atoms with E-state index in [0.29, 0.717) is 19.4 Å². The lowest BCUT2D eigenvalue weighted by atomic mass is 9.99. The molecule has 2 heterocycles. The zero-order chi connectivity index (χ0) is 14.0. The highest BCUT2D eigenvalue weighted by atomic mass is 16.2. The lowest BCUT2D eigenvalue weighted by Gasteiger charge is -2.22. The van der Waals surface area contributed by atoms with Crippen molar-refractivity contribution in [3.05, 3.63) is 0 Å². The Morgan fingerprint density at radius 3 is 2.84 bits per heavy atom. The van der Waals surface area contributed by atoms with E-state index in [1.54, 1.807) is 4.90 Å². The van der Waals surface area contributed by atoms with Crippen molar-refractivity contribution in [1.82, 2.24) is 15.5 Å². The molecule has 0 aromatic rings. The van der Waals surface area contributed by atoms with E-state index in [9.17, 15) is 14.4 Å². The predicted octanol–water partition coefficient (Wildman–Crippen LogP) is -0.686. The fourth-order valence-corrected chi connectivity index (χ4v) is 2.66. The minimum absolute atomic E-state index is 0.0493. The molecule has 7 nitrogen and oxygen atoms in total. The number of nitrogens with zero attached hydrogens (tertiary/aromatic N) is 1. The quantitative estimate of drug-likeness (QED) is 0.587. The number of nitrogens with two attached hydrogens (primary N) is 1. The molecular formula is C12H20N4O3. The largest absolute Gasteiger partial charge is 0.340 e. The summed E-state index contributed by atoms with van der Waals surface area (Å²) in [7, 11) is 0. The van der Waals surface area contributed by atoms with Crippen LogP contribution in [-0.4, -0.2) is 47.4 Å². The molecule has 0 aromatic carbocycles. The molecule has 2 rings (SSSR count). The lowest BCUT2D eigenvalue weighted by Crippen LogP contribution is -2.50. The Labute approximate surface area is 111 Å². The molecule has 2 unspecified atom stereocenters. The van der Waals surface area contributed by atoms with Gasteiger partial charge in [0.15, 0.2) is 0 Å². The predicted molar refractivity (Wildman–Crippen MR) is 68.1 cm³/mol. The van der Waals surface area contributed by atoms with Crippen molar-refractivity contribution in [2.45, 2.75) is 44.2 Å². The van der Waals surface area contributed by atoms with Crippen molar-refractivity contribution in [3.8, 4) is 0 Å². The minimum Gasteiger partial charge on any atom is -0.340 e. The standard InChI is InChI=1S/C12H20N4O3/c1-2-3-8(13)6-9(17)16-5-4-12(7-16)10(18)14-11(19)15-12/h8H,2-7,13H2,1H3,(H2,14,15,18,19). The van der Waals surface area contributed by atoms with Gasteiger partial charge in [0.25, 0.3) is 5.91 Å². The van der Waals surface area contributed by atoms with Crippen LogP contribution in [0.25, 0.3) is 0 Å². The Hall–Kier alpha value is -1.63. The zero-order valence-electron chi connectivity index (χ0n) is 11.1. The average molecular weight is 268 g/mol. The van der Waals surface area contributed by atoms with Crippen LogP contribution in [0.5, 0.6) is 0 Å². The summed E-state index contributed by atoms with van der Waals surface area (Å²) in [6.07, 6.45) is 2.50. The molecule has 19 heavy (non-hydrogen) atoms. The van der Waals surface area contributed by atoms with Gasteiger partial charge in [-0.15, -0.1) is 0 Å². The number of rotatable bonds is 4. The molecule has 7 heteroatoms. The third kappa shape index (κ3) is 2.70. The van der Waals surface area contributed by atoms with Crippen LogP contribution in [0.1, 0.15) is 32.6 Å². The molecule has 2 fully saturated rings. The van der Waals surface area contributed by atoms with Crippen molar-refractivity contribution in [3.63, 3.8) is 0 Å². The Balaban J connectivity index is 1.93. The molecule has 0 radical (unpaired) electrons. The smallest absolute Gasteiger partial charge is 0.322 e. The van der Waals surface area contributed by atoms with Gasteiger partial charge in [0.05, 0.1) is 6.54 Å². The number of imide groups is 1. The van der Waals surface area contributed by atoms with E-state index in [4.69, 9.17) is 5.73 Å². The number of amides is 4. The van der Waals surface area contributed by atoms with Crippen molar-refractivity contribution in [1.29, 1.82) is 0 Å². The molecule has 106 valence electrons. The van der Waals surface area contributed by atoms with Gasteiger partial charge in [-0.25, -0.2) is 4.79 Å². The first kappa shape index (κ1) is 13.8. The molecule has 1 spiro atoms. The molecule has 4 N–H and O–H groups in total. The molecule has 2 aliphatic rings. The van der Waals surface area contributed by atoms with Crippen molar-refractivity contribution in [2.24, 2.45) is 5.73 Å². The van der Waals surface area contributed by atoms with Crippen LogP contribution in [0.4, 0.5) is 4.79 Å². The summed E-state index contributed by atoms with van der Waals surface area (Å²) >= 11 is 0. The van der Waals surface area contributed by atoms with E-state index < -0.39 is 11.6 Å². The van der Waals surface area contributed by atoms with Gasteiger partial charge in [-0.3, -0.25) is 14.9 Å². The summed E-state index contributed by atoms with van der Waals surface area (Å²) in [6.45, 7) is 2.74. The van der Waals surface area contributed by atoms with Crippen LogP contribution in [-0.2, 0) is 9.59 Å². The molecule has 2 atom stereocenters. The summed E-state index contributed by atoms with van der Waals surface area (Å²) in [6, 6.07) is -0.622. The van der Waals surface area contributed by atoms with Gasteiger partial charge in [0.2, 0.25) is 5.91 Å². The second kappa shape index (κ2) is 5.16. The maximum atomic E-state index is 12.1. The summed E-state index contributed by atoms with van der Waals surface area (Å²) in [5, 5.41) is 4.84. The Morgan fingerprint density at radius 2 is 2.26 bits per heavy atom. The van der Waals surface area contributed by atoms with E-state index in [2.05, 4.69) is 10.6 Å². The number of carbonyl (C=O) groups excluding carboxylic acids is 3. The Morgan fingerprint density at radius 1 is 1.53 bits per heavy atom. The van der Waals surface area contributed by atoms with E-state index in [1.165, 1.54) is 0 Å². The monoisotopic (exact) mass is 268 g/mol. The van der Waals surface area contributed by atoms with Gasteiger partial charge in [-0.05, 0) is 12.8 Å². The van der Waals surface area contributed by atoms with Crippen molar-refractivity contribution in [2.75, 3.05) is 13.1 Å². The van der Waals surface area contributed by atoms with Crippen LogP contribution in [0, 0.1) is 0 Å². The highest BCUT2D eigenvalue weighted by molar-refractivity contribution is 6.07. The number of carbonyl (C=O) groups is 3. The molecule has 2 aliphatic heterocycles. The summed E-state index contributed by atoms with van der Waals surface area (Å²) in [5.74, 6) is -0.391. The molecular weight excluding hydrogens is 248 g/mol. The van der Waals surface area contributed by atoms with Crippen LogP contribution in [0.2, 0.25) is 0 Å². The molecule has 0 aromatic heterocycles. The molecule has 2 saturated heterocycles. The van der Waals surface area contributed by atoms with Crippen LogP contribution < -0.4 is 16.4 Å². The van der Waals surface area contributed by atoms with Gasteiger partial charge < -0.3 is 16.0 Å². The summed E-state index contributed by atoms with van der Waals surface area (Å²) in [4.78, 5) is 36.6. The molecule has 4 amide bonds. The first-order chi connectivity index (χ1) is 8.97. The summed E-state index contributed by atoms with van der Waals surface area (Å²) < 4.78 is 0. The van der Waals surface area contributed by atoms with E-state index in [-0.39, 0.29) is 24.4 Å². The second-order valence-electron chi connectivity index (χ2n) is 5.31. The minimum atomic E-state index is -0.929. The van der Waals surface area contributed by atoms with Crippen LogP contribution in [0.3, 0.4) is 0 Å². The first-order valence-electron chi connectivity index (χ1n) is 6.64. The van der Waals surface area contributed by atoms with E-state index in [0.717, 1.165) is 12.8 Å². The fraction of sp³-hybridized carbons (Fsp3) is 0.750. The third-order valence-electron chi connectivity index (χ3n) is 3.73. The topological polar surface area (TPSA) is 105 Å². The fourth-order valence-electron chi connectivity index (χ4n) is 2.66. The maximum Gasteiger partial charge on any atom is 0.322 e. The highest BCUT2D eigenvalue weighted by Gasteiger charge is 2.51. The number of urea groups is 1. The Kier molecular flexibility index (Phi) is 3.75. The van der Waals surface area contributed by atoms with Gasteiger partial charge in [0, 0.05) is 19.0 Å². The first-order valence-corrected chi connectivity index (χ1v) is 6.64. The van der Waals surface area contributed by atoms with Crippen molar-refractivity contribution >= 4 is 17.8 Å². The number of nitrogens with one attached hydrogen (secondary N) is 2. The van der Waals surface area contributed by atoms with Crippen molar-refractivity contribution < 1.29 is 14.4 Å². The number of likely N-dealkylation sites (tertiary alicyclic amines) is 1. The number of hydrogen-bond acceptors (Lipinski definition) is 4. The normalized spacial score (nSPS) is 27.6. The van der Waals surface area contributed by atoms with Gasteiger partial charge in [-0.2, -0.15) is 0 Å².